The molecule has 0 radical (unpaired) electrons. The molecule has 0 bridgehead atoms. The average molecular weight is 448 g/mol. The zero-order valence-corrected chi connectivity index (χ0v) is 17.7. The van der Waals surface area contributed by atoms with Gasteiger partial charge in [-0.1, -0.05) is 6.07 Å². The Balaban J connectivity index is 2.02. The number of thiocarbonyl (C=S) groups is 1. The summed E-state index contributed by atoms with van der Waals surface area (Å²) in [5, 5.41) is 2.63. The molecule has 2 aromatic rings. The maximum Gasteiger partial charge on any atom is 0.270 e. The van der Waals surface area contributed by atoms with E-state index in [2.05, 4.69) is 21.2 Å². The number of nitrogens with zero attached hydrogens (tertiary/aromatic N) is 2. The third-order valence-corrected chi connectivity index (χ3v) is 5.08. The van der Waals surface area contributed by atoms with Crippen molar-refractivity contribution in [2.24, 2.45) is 0 Å². The lowest BCUT2D eigenvalue weighted by Crippen LogP contribution is -2.54. The second kappa shape index (κ2) is 7.28. The van der Waals surface area contributed by atoms with Gasteiger partial charge in [0.2, 0.25) is 5.88 Å². The molecule has 0 spiro atoms. The summed E-state index contributed by atoms with van der Waals surface area (Å²) in [7, 11) is 3.66. The maximum atomic E-state index is 13.0. The first-order chi connectivity index (χ1) is 12.7. The standard InChI is InChI=1S/C19H18BrN3O3S/c1-10-5-6-12(7-11(10)2)23-17(25)14(16(24)21-19(23)27)8-13-9-15(20)18(26-13)22(3)4/h5-9H,1-4H3,(H,21,24,27). The van der Waals surface area contributed by atoms with E-state index in [0.717, 1.165) is 15.6 Å². The van der Waals surface area contributed by atoms with Crippen molar-refractivity contribution >= 4 is 62.7 Å². The zero-order valence-electron chi connectivity index (χ0n) is 15.3. The Morgan fingerprint density at radius 2 is 1.89 bits per heavy atom. The number of amides is 2. The van der Waals surface area contributed by atoms with Crippen molar-refractivity contribution < 1.29 is 14.0 Å². The van der Waals surface area contributed by atoms with E-state index in [1.165, 1.54) is 11.0 Å². The van der Waals surface area contributed by atoms with Crippen molar-refractivity contribution in [1.82, 2.24) is 5.32 Å². The normalized spacial score (nSPS) is 16.1. The highest BCUT2D eigenvalue weighted by atomic mass is 79.9. The van der Waals surface area contributed by atoms with Crippen molar-refractivity contribution in [3.63, 3.8) is 0 Å². The lowest BCUT2D eigenvalue weighted by Gasteiger charge is -2.29. The quantitative estimate of drug-likeness (QED) is 0.442. The molecule has 0 saturated carbocycles. The summed E-state index contributed by atoms with van der Waals surface area (Å²) < 4.78 is 6.42. The van der Waals surface area contributed by atoms with Gasteiger partial charge in [0, 0.05) is 20.2 Å². The number of rotatable bonds is 3. The van der Waals surface area contributed by atoms with Crippen molar-refractivity contribution in [2.45, 2.75) is 13.8 Å². The molecule has 1 aromatic carbocycles. The number of carbonyl (C=O) groups excluding carboxylic acids is 2. The first kappa shape index (κ1) is 19.3. The van der Waals surface area contributed by atoms with Crippen molar-refractivity contribution in [1.29, 1.82) is 0 Å². The van der Waals surface area contributed by atoms with Crippen molar-refractivity contribution in [2.75, 3.05) is 23.9 Å². The number of hydrogen-bond donors (Lipinski definition) is 1. The molecule has 2 amide bonds. The number of halogens is 1. The van der Waals surface area contributed by atoms with Crippen LogP contribution in [0.15, 0.2) is 38.7 Å². The first-order valence-corrected chi connectivity index (χ1v) is 9.34. The Morgan fingerprint density at radius 1 is 1.19 bits per heavy atom. The molecule has 6 nitrogen and oxygen atoms in total. The van der Waals surface area contributed by atoms with Crippen LogP contribution in [0.2, 0.25) is 0 Å². The predicted molar refractivity (Wildman–Crippen MR) is 113 cm³/mol. The van der Waals surface area contributed by atoms with Crippen LogP contribution in [0, 0.1) is 13.8 Å². The van der Waals surface area contributed by atoms with Crippen LogP contribution in [-0.4, -0.2) is 31.0 Å². The molecule has 0 aliphatic carbocycles. The van der Waals surface area contributed by atoms with Gasteiger partial charge in [-0.2, -0.15) is 0 Å². The molecular weight excluding hydrogens is 430 g/mol. The molecule has 0 atom stereocenters. The van der Waals surface area contributed by atoms with Gasteiger partial charge in [-0.25, -0.2) is 0 Å². The molecule has 140 valence electrons. The highest BCUT2D eigenvalue weighted by Gasteiger charge is 2.35. The fraction of sp³-hybridized carbons (Fsp3) is 0.211. The Kier molecular flexibility index (Phi) is 5.21. The average Bonchev–Trinajstić information content (AvgIpc) is 2.95. The molecule has 1 N–H and O–H groups in total. The van der Waals surface area contributed by atoms with Gasteiger partial charge >= 0.3 is 0 Å². The summed E-state index contributed by atoms with van der Waals surface area (Å²) in [5.74, 6) is -0.0704. The van der Waals surface area contributed by atoms with Crippen LogP contribution in [0.4, 0.5) is 11.6 Å². The molecule has 1 saturated heterocycles. The number of benzene rings is 1. The smallest absolute Gasteiger partial charge is 0.270 e. The molecule has 1 aromatic heterocycles. The number of aryl methyl sites for hydroxylation is 2. The zero-order chi connectivity index (χ0) is 19.9. The van der Waals surface area contributed by atoms with E-state index in [9.17, 15) is 9.59 Å². The van der Waals surface area contributed by atoms with E-state index >= 15 is 0 Å². The van der Waals surface area contributed by atoms with Crippen molar-refractivity contribution in [3.05, 3.63) is 51.2 Å². The molecule has 27 heavy (non-hydrogen) atoms. The Hall–Kier alpha value is -2.45. The molecule has 1 aliphatic rings. The van der Waals surface area contributed by atoms with Gasteiger partial charge in [0.15, 0.2) is 5.11 Å². The lowest BCUT2D eigenvalue weighted by molar-refractivity contribution is -0.122. The Morgan fingerprint density at radius 3 is 2.48 bits per heavy atom. The van der Waals surface area contributed by atoms with Crippen LogP contribution in [0.1, 0.15) is 16.9 Å². The summed E-state index contributed by atoms with van der Waals surface area (Å²) >= 11 is 8.63. The van der Waals surface area contributed by atoms with Crippen LogP contribution >= 0.6 is 28.1 Å². The topological polar surface area (TPSA) is 65.8 Å². The van der Waals surface area contributed by atoms with E-state index in [4.69, 9.17) is 16.6 Å². The monoisotopic (exact) mass is 447 g/mol. The van der Waals surface area contributed by atoms with Crippen LogP contribution < -0.4 is 15.1 Å². The number of furan rings is 1. The summed E-state index contributed by atoms with van der Waals surface area (Å²) in [6, 6.07) is 7.28. The molecule has 0 unspecified atom stereocenters. The molecule has 8 heteroatoms. The third kappa shape index (κ3) is 3.68. The number of carbonyl (C=O) groups is 2. The predicted octanol–water partition coefficient (Wildman–Crippen LogP) is 3.56. The van der Waals surface area contributed by atoms with E-state index in [0.29, 0.717) is 17.3 Å². The van der Waals surface area contributed by atoms with E-state index in [-0.39, 0.29) is 10.7 Å². The van der Waals surface area contributed by atoms with Crippen molar-refractivity contribution in [3.8, 4) is 0 Å². The van der Waals surface area contributed by atoms with Gasteiger partial charge in [0.05, 0.1) is 10.2 Å². The number of nitrogens with one attached hydrogen (secondary N) is 1. The van der Waals surface area contributed by atoms with Crippen LogP contribution in [0.25, 0.3) is 6.08 Å². The van der Waals surface area contributed by atoms with Gasteiger partial charge in [-0.05, 0) is 71.3 Å². The second-order valence-electron chi connectivity index (χ2n) is 6.42. The van der Waals surface area contributed by atoms with Gasteiger partial charge in [0.1, 0.15) is 11.3 Å². The van der Waals surface area contributed by atoms with Gasteiger partial charge in [-0.15, -0.1) is 0 Å². The third-order valence-electron chi connectivity index (χ3n) is 4.23. The number of anilines is 2. The van der Waals surface area contributed by atoms with E-state index < -0.39 is 11.8 Å². The molecular formula is C19H18BrN3O3S. The summed E-state index contributed by atoms with van der Waals surface area (Å²) in [5.41, 5.74) is 2.68. The summed E-state index contributed by atoms with van der Waals surface area (Å²) in [6.07, 6.45) is 1.42. The summed E-state index contributed by atoms with van der Waals surface area (Å²) in [6.45, 7) is 3.94. The second-order valence-corrected chi connectivity index (χ2v) is 7.66. The SMILES string of the molecule is Cc1ccc(N2C(=O)C(=Cc3cc(Br)c(N(C)C)o3)C(=O)NC2=S)cc1C. The van der Waals surface area contributed by atoms with Crippen LogP contribution in [0.5, 0.6) is 0 Å². The minimum absolute atomic E-state index is 0.0478. The fourth-order valence-corrected chi connectivity index (χ4v) is 3.59. The molecule has 1 aliphatic heterocycles. The summed E-state index contributed by atoms with van der Waals surface area (Å²) in [4.78, 5) is 28.5. The Labute approximate surface area is 170 Å². The maximum absolute atomic E-state index is 13.0. The van der Waals surface area contributed by atoms with E-state index in [1.54, 1.807) is 17.0 Å². The molecule has 1 fully saturated rings. The largest absolute Gasteiger partial charge is 0.440 e. The van der Waals surface area contributed by atoms with Crippen LogP contribution in [-0.2, 0) is 9.59 Å². The van der Waals surface area contributed by atoms with Gasteiger partial charge < -0.3 is 9.32 Å². The minimum Gasteiger partial charge on any atom is -0.440 e. The minimum atomic E-state index is -0.552. The number of hydrogen-bond acceptors (Lipinski definition) is 5. The van der Waals surface area contributed by atoms with Gasteiger partial charge in [0.25, 0.3) is 11.8 Å². The van der Waals surface area contributed by atoms with E-state index in [1.807, 2.05) is 40.1 Å². The highest BCUT2D eigenvalue weighted by Crippen LogP contribution is 2.31. The highest BCUT2D eigenvalue weighted by molar-refractivity contribution is 9.10. The lowest BCUT2D eigenvalue weighted by atomic mass is 10.1. The van der Waals surface area contributed by atoms with Crippen LogP contribution in [0.3, 0.4) is 0 Å². The van der Waals surface area contributed by atoms with Gasteiger partial charge in [-0.3, -0.25) is 19.8 Å². The molecule has 2 heterocycles. The Bertz CT molecular complexity index is 994. The molecule has 3 rings (SSSR count). The first-order valence-electron chi connectivity index (χ1n) is 8.14. The fourth-order valence-electron chi connectivity index (χ4n) is 2.65.